The lowest BCUT2D eigenvalue weighted by Gasteiger charge is -2.04. The summed E-state index contributed by atoms with van der Waals surface area (Å²) in [6, 6.07) is 7.13. The summed E-state index contributed by atoms with van der Waals surface area (Å²) in [7, 11) is 0. The molecule has 0 amide bonds. The Morgan fingerprint density at radius 1 is 1.27 bits per heavy atom. The molecule has 0 saturated heterocycles. The second-order valence-electron chi connectivity index (χ2n) is 2.86. The van der Waals surface area contributed by atoms with E-state index in [2.05, 4.69) is 20.9 Å². The van der Waals surface area contributed by atoms with Crippen molar-refractivity contribution in [3.05, 3.63) is 57.3 Å². The van der Waals surface area contributed by atoms with Gasteiger partial charge in [0.25, 0.3) is 5.56 Å². The Balaban J connectivity index is 2.64. The normalized spacial score (nSPS) is 10.3. The first kappa shape index (κ1) is 10.0. The number of hydrogen-bond donors (Lipinski definition) is 0. The van der Waals surface area contributed by atoms with Crippen molar-refractivity contribution >= 4 is 15.9 Å². The van der Waals surface area contributed by atoms with Crippen LogP contribution in [0.1, 0.15) is 0 Å². The fourth-order valence-corrected chi connectivity index (χ4v) is 1.42. The molecule has 0 aliphatic rings. The fourth-order valence-electron chi connectivity index (χ4n) is 1.19. The van der Waals surface area contributed by atoms with Crippen LogP contribution in [0.25, 0.3) is 5.82 Å². The molecule has 2 heterocycles. The van der Waals surface area contributed by atoms with Gasteiger partial charge in [-0.05, 0) is 34.1 Å². The monoisotopic (exact) mass is 268 g/mol. The second-order valence-corrected chi connectivity index (χ2v) is 3.77. The van der Waals surface area contributed by atoms with Crippen LogP contribution in [-0.4, -0.2) is 9.55 Å². The molecule has 0 spiro atoms. The zero-order valence-corrected chi connectivity index (χ0v) is 9.11. The zero-order chi connectivity index (χ0) is 10.8. The van der Waals surface area contributed by atoms with E-state index >= 15 is 0 Å². The highest BCUT2D eigenvalue weighted by Crippen LogP contribution is 2.10. The Morgan fingerprint density at radius 2 is 2.07 bits per heavy atom. The van der Waals surface area contributed by atoms with Crippen molar-refractivity contribution in [1.82, 2.24) is 9.55 Å². The van der Waals surface area contributed by atoms with Crippen LogP contribution in [0, 0.1) is 5.95 Å². The lowest BCUT2D eigenvalue weighted by atomic mass is 10.4. The van der Waals surface area contributed by atoms with Crippen LogP contribution < -0.4 is 5.56 Å². The molecule has 0 aliphatic heterocycles. The van der Waals surface area contributed by atoms with Gasteiger partial charge in [0.2, 0.25) is 5.95 Å². The van der Waals surface area contributed by atoms with E-state index < -0.39 is 11.5 Å². The number of hydrogen-bond acceptors (Lipinski definition) is 2. The second kappa shape index (κ2) is 3.94. The standard InChI is InChI=1S/C10H6BrFN2O/c11-7-4-5-9(13-6-7)14-8(12)2-1-3-10(14)15/h1-6H. The van der Waals surface area contributed by atoms with Gasteiger partial charge in [0.05, 0.1) is 0 Å². The first-order valence-corrected chi connectivity index (χ1v) is 4.97. The molecule has 0 aliphatic carbocycles. The predicted molar refractivity (Wildman–Crippen MR) is 57.5 cm³/mol. The highest BCUT2D eigenvalue weighted by molar-refractivity contribution is 9.10. The lowest BCUT2D eigenvalue weighted by molar-refractivity contribution is 0.539. The zero-order valence-electron chi connectivity index (χ0n) is 7.52. The topological polar surface area (TPSA) is 34.9 Å². The van der Waals surface area contributed by atoms with Gasteiger partial charge in [-0.15, -0.1) is 0 Å². The molecule has 0 N–H and O–H groups in total. The Morgan fingerprint density at radius 3 is 2.67 bits per heavy atom. The van der Waals surface area contributed by atoms with E-state index in [1.165, 1.54) is 24.4 Å². The van der Waals surface area contributed by atoms with Gasteiger partial charge >= 0.3 is 0 Å². The SMILES string of the molecule is O=c1cccc(F)n1-c1ccc(Br)cn1. The van der Waals surface area contributed by atoms with Crippen LogP contribution in [-0.2, 0) is 0 Å². The van der Waals surface area contributed by atoms with Crippen LogP contribution in [0.15, 0.2) is 45.8 Å². The molecule has 0 aromatic carbocycles. The third kappa shape index (κ3) is 1.97. The highest BCUT2D eigenvalue weighted by atomic mass is 79.9. The number of nitrogens with zero attached hydrogens (tertiary/aromatic N) is 2. The van der Waals surface area contributed by atoms with Crippen molar-refractivity contribution in [1.29, 1.82) is 0 Å². The average Bonchev–Trinajstić information content (AvgIpc) is 2.20. The molecule has 0 bridgehead atoms. The lowest BCUT2D eigenvalue weighted by Crippen LogP contribution is -2.20. The van der Waals surface area contributed by atoms with Crippen LogP contribution in [0.2, 0.25) is 0 Å². The van der Waals surface area contributed by atoms with Crippen molar-refractivity contribution < 1.29 is 4.39 Å². The van der Waals surface area contributed by atoms with E-state index in [-0.39, 0.29) is 5.82 Å². The predicted octanol–water partition coefficient (Wildman–Crippen LogP) is 2.13. The quantitative estimate of drug-likeness (QED) is 0.743. The average molecular weight is 269 g/mol. The van der Waals surface area contributed by atoms with Gasteiger partial charge in [-0.1, -0.05) is 6.07 Å². The van der Waals surface area contributed by atoms with Crippen molar-refractivity contribution in [2.45, 2.75) is 0 Å². The van der Waals surface area contributed by atoms with Crippen molar-refractivity contribution in [2.75, 3.05) is 0 Å². The maximum Gasteiger partial charge on any atom is 0.258 e. The molecule has 5 heteroatoms. The molecule has 0 fully saturated rings. The summed E-state index contributed by atoms with van der Waals surface area (Å²) in [5, 5.41) is 0. The van der Waals surface area contributed by atoms with Crippen molar-refractivity contribution in [3.8, 4) is 5.82 Å². The fraction of sp³-hybridized carbons (Fsp3) is 0. The van der Waals surface area contributed by atoms with Gasteiger partial charge in [0, 0.05) is 16.7 Å². The van der Waals surface area contributed by atoms with Crippen LogP contribution in [0.5, 0.6) is 0 Å². The Bertz CT molecular complexity index is 536. The maximum atomic E-state index is 13.3. The van der Waals surface area contributed by atoms with Crippen LogP contribution in [0.4, 0.5) is 4.39 Å². The molecular formula is C10H6BrFN2O. The summed E-state index contributed by atoms with van der Waals surface area (Å²) in [4.78, 5) is 15.3. The Kier molecular flexibility index (Phi) is 2.64. The molecule has 76 valence electrons. The number of aromatic nitrogens is 2. The minimum Gasteiger partial charge on any atom is -0.269 e. The minimum absolute atomic E-state index is 0.265. The summed E-state index contributed by atoms with van der Waals surface area (Å²) < 4.78 is 15.0. The largest absolute Gasteiger partial charge is 0.269 e. The van der Waals surface area contributed by atoms with E-state index in [1.54, 1.807) is 12.1 Å². The summed E-state index contributed by atoms with van der Waals surface area (Å²) >= 11 is 3.21. The third-order valence-corrected chi connectivity index (χ3v) is 2.32. The van der Waals surface area contributed by atoms with Gasteiger partial charge in [0.1, 0.15) is 5.82 Å². The first-order valence-electron chi connectivity index (χ1n) is 4.18. The highest BCUT2D eigenvalue weighted by Gasteiger charge is 2.05. The molecule has 2 aromatic rings. The molecule has 15 heavy (non-hydrogen) atoms. The summed E-state index contributed by atoms with van der Waals surface area (Å²) in [6.07, 6.45) is 1.51. The third-order valence-electron chi connectivity index (χ3n) is 1.85. The van der Waals surface area contributed by atoms with Gasteiger partial charge < -0.3 is 0 Å². The Labute approximate surface area is 93.3 Å². The molecule has 0 saturated carbocycles. The summed E-state index contributed by atoms with van der Waals surface area (Å²) in [6.45, 7) is 0. The van der Waals surface area contributed by atoms with Crippen molar-refractivity contribution in [3.63, 3.8) is 0 Å². The molecule has 2 aromatic heterocycles. The van der Waals surface area contributed by atoms with Gasteiger partial charge in [-0.25, -0.2) is 9.55 Å². The number of halogens is 2. The van der Waals surface area contributed by atoms with Crippen LogP contribution >= 0.6 is 15.9 Å². The summed E-state index contributed by atoms with van der Waals surface area (Å²) in [5.74, 6) is -0.362. The Hall–Kier alpha value is -1.49. The molecule has 0 atom stereocenters. The van der Waals surface area contributed by atoms with Crippen LogP contribution in [0.3, 0.4) is 0 Å². The molecule has 2 rings (SSSR count). The molecule has 0 unspecified atom stereocenters. The summed E-state index contributed by atoms with van der Waals surface area (Å²) in [5.41, 5.74) is -0.440. The van der Waals surface area contributed by atoms with E-state index in [1.807, 2.05) is 0 Å². The van der Waals surface area contributed by atoms with E-state index in [0.29, 0.717) is 0 Å². The minimum atomic E-state index is -0.627. The van der Waals surface area contributed by atoms with E-state index in [9.17, 15) is 9.18 Å². The van der Waals surface area contributed by atoms with Crippen molar-refractivity contribution in [2.24, 2.45) is 0 Å². The maximum absolute atomic E-state index is 13.3. The molecule has 0 radical (unpaired) electrons. The van der Waals surface area contributed by atoms with Gasteiger partial charge in [0.15, 0.2) is 0 Å². The first-order chi connectivity index (χ1) is 7.18. The van der Waals surface area contributed by atoms with E-state index in [4.69, 9.17) is 0 Å². The van der Waals surface area contributed by atoms with E-state index in [0.717, 1.165) is 9.04 Å². The van der Waals surface area contributed by atoms with Gasteiger partial charge in [-0.2, -0.15) is 4.39 Å². The molecular weight excluding hydrogens is 263 g/mol. The smallest absolute Gasteiger partial charge is 0.258 e. The van der Waals surface area contributed by atoms with Gasteiger partial charge in [-0.3, -0.25) is 4.79 Å². The molecule has 3 nitrogen and oxygen atoms in total. The number of pyridine rings is 2. The number of rotatable bonds is 1.